The molecule has 3 rings (SSSR count). The summed E-state index contributed by atoms with van der Waals surface area (Å²) < 4.78 is 59.1. The van der Waals surface area contributed by atoms with Crippen LogP contribution in [0, 0.1) is 11.6 Å². The van der Waals surface area contributed by atoms with E-state index >= 15 is 0 Å². The summed E-state index contributed by atoms with van der Waals surface area (Å²) in [4.78, 5) is 12.2. The van der Waals surface area contributed by atoms with Crippen LogP contribution < -0.4 is 14.8 Å². The minimum absolute atomic E-state index is 0.0978. The van der Waals surface area contributed by atoms with Crippen molar-refractivity contribution in [3.05, 3.63) is 84.4 Å². The zero-order valence-corrected chi connectivity index (χ0v) is 16.6. The van der Waals surface area contributed by atoms with Crippen LogP contribution in [0.1, 0.15) is 6.92 Å². The lowest BCUT2D eigenvalue weighted by Crippen LogP contribution is -2.30. The van der Waals surface area contributed by atoms with Crippen LogP contribution in [0.2, 0.25) is 0 Å². The number of para-hydroxylation sites is 1. The molecule has 2 N–H and O–H groups in total. The Balaban J connectivity index is 1.64. The van der Waals surface area contributed by atoms with Gasteiger partial charge >= 0.3 is 0 Å². The van der Waals surface area contributed by atoms with Crippen molar-refractivity contribution in [2.75, 3.05) is 10.0 Å². The van der Waals surface area contributed by atoms with Crippen molar-refractivity contribution in [2.45, 2.75) is 17.9 Å². The second kappa shape index (κ2) is 8.91. The van der Waals surface area contributed by atoms with Gasteiger partial charge in [0.25, 0.3) is 15.9 Å². The molecule has 0 saturated heterocycles. The number of rotatable bonds is 7. The van der Waals surface area contributed by atoms with E-state index in [1.807, 2.05) is 0 Å². The van der Waals surface area contributed by atoms with Crippen LogP contribution >= 0.6 is 0 Å². The number of anilines is 2. The summed E-state index contributed by atoms with van der Waals surface area (Å²) in [6, 6.07) is 16.0. The third-order valence-corrected chi connectivity index (χ3v) is 5.43. The fourth-order valence-electron chi connectivity index (χ4n) is 2.48. The number of carbonyl (C=O) groups is 1. The van der Waals surface area contributed by atoms with Gasteiger partial charge in [-0.1, -0.05) is 12.1 Å². The van der Waals surface area contributed by atoms with Crippen LogP contribution in [0.15, 0.2) is 77.7 Å². The highest BCUT2D eigenvalue weighted by Gasteiger charge is 2.18. The highest BCUT2D eigenvalue weighted by Crippen LogP contribution is 2.21. The molecule has 0 heterocycles. The van der Waals surface area contributed by atoms with Crippen molar-refractivity contribution in [2.24, 2.45) is 0 Å². The Hall–Kier alpha value is -3.46. The molecule has 0 bridgehead atoms. The lowest BCUT2D eigenvalue weighted by Gasteiger charge is -2.15. The molecule has 0 spiro atoms. The summed E-state index contributed by atoms with van der Waals surface area (Å²) in [5.74, 6) is -1.25. The summed E-state index contributed by atoms with van der Waals surface area (Å²) in [5, 5.41) is 2.60. The van der Waals surface area contributed by atoms with E-state index < -0.39 is 33.7 Å². The summed E-state index contributed by atoms with van der Waals surface area (Å²) in [5.41, 5.74) is 0.182. The first-order valence-corrected chi connectivity index (χ1v) is 10.3. The first-order valence-electron chi connectivity index (χ1n) is 8.85. The van der Waals surface area contributed by atoms with Gasteiger partial charge in [0, 0.05) is 5.69 Å². The van der Waals surface area contributed by atoms with E-state index in [9.17, 15) is 22.0 Å². The van der Waals surface area contributed by atoms with Gasteiger partial charge in [0.15, 0.2) is 6.10 Å². The third-order valence-electron chi connectivity index (χ3n) is 4.05. The summed E-state index contributed by atoms with van der Waals surface area (Å²) in [6.45, 7) is 1.52. The van der Waals surface area contributed by atoms with Gasteiger partial charge in [-0.2, -0.15) is 0 Å². The van der Waals surface area contributed by atoms with Gasteiger partial charge in [0.05, 0.1) is 10.6 Å². The Morgan fingerprint density at radius 3 is 2.20 bits per heavy atom. The molecule has 0 saturated carbocycles. The second-order valence-corrected chi connectivity index (χ2v) is 8.00. The number of nitrogens with one attached hydrogen (secondary N) is 2. The maximum Gasteiger partial charge on any atom is 0.265 e. The fourth-order valence-corrected chi connectivity index (χ4v) is 3.55. The number of benzene rings is 3. The molecule has 9 heteroatoms. The molecule has 156 valence electrons. The fraction of sp³-hybridized carbons (Fsp3) is 0.0952. The van der Waals surface area contributed by atoms with Gasteiger partial charge in [0.2, 0.25) is 0 Å². The Morgan fingerprint density at radius 2 is 1.57 bits per heavy atom. The first-order chi connectivity index (χ1) is 14.2. The lowest BCUT2D eigenvalue weighted by molar-refractivity contribution is -0.122. The second-order valence-electron chi connectivity index (χ2n) is 6.31. The number of amides is 1. The molecule has 0 unspecified atom stereocenters. The molecule has 3 aromatic carbocycles. The zero-order valence-electron chi connectivity index (χ0n) is 15.8. The molecule has 0 aliphatic rings. The van der Waals surface area contributed by atoms with Crippen molar-refractivity contribution in [1.29, 1.82) is 0 Å². The van der Waals surface area contributed by atoms with Crippen LogP contribution in [-0.2, 0) is 14.8 Å². The van der Waals surface area contributed by atoms with Gasteiger partial charge in [-0.15, -0.1) is 0 Å². The maximum atomic E-state index is 13.7. The summed E-state index contributed by atoms with van der Waals surface area (Å²) in [7, 11) is -4.00. The van der Waals surface area contributed by atoms with Crippen molar-refractivity contribution < 1.29 is 26.7 Å². The molecule has 0 fully saturated rings. The average molecular weight is 432 g/mol. The van der Waals surface area contributed by atoms with E-state index in [2.05, 4.69) is 10.0 Å². The SMILES string of the molecule is C[C@H](Oc1ccc(F)cc1)C(=O)Nc1ccc(S(=O)(=O)Nc2ccccc2F)cc1. The average Bonchev–Trinajstić information content (AvgIpc) is 2.71. The first kappa shape index (κ1) is 21.3. The van der Waals surface area contributed by atoms with Gasteiger partial charge in [-0.3, -0.25) is 9.52 Å². The number of hydrogen-bond donors (Lipinski definition) is 2. The molecule has 1 atom stereocenters. The molecular weight excluding hydrogens is 414 g/mol. The normalized spacial score (nSPS) is 12.1. The zero-order chi connectivity index (χ0) is 21.7. The molecule has 0 aliphatic heterocycles. The lowest BCUT2D eigenvalue weighted by atomic mass is 10.3. The molecule has 1 amide bonds. The molecule has 0 aromatic heterocycles. The molecule has 30 heavy (non-hydrogen) atoms. The topological polar surface area (TPSA) is 84.5 Å². The largest absolute Gasteiger partial charge is 0.481 e. The maximum absolute atomic E-state index is 13.7. The number of halogens is 2. The third kappa shape index (κ3) is 5.32. The van der Waals surface area contributed by atoms with E-state index in [-0.39, 0.29) is 10.6 Å². The standard InChI is InChI=1S/C21H18F2N2O4S/c1-14(29-17-10-6-15(22)7-11-17)21(26)24-16-8-12-18(13-9-16)30(27,28)25-20-5-3-2-4-19(20)23/h2-14,25H,1H3,(H,24,26)/t14-/m0/s1. The Kier molecular flexibility index (Phi) is 6.31. The predicted molar refractivity (Wildman–Crippen MR) is 109 cm³/mol. The molecule has 0 radical (unpaired) electrons. The Labute approximate surface area is 172 Å². The highest BCUT2D eigenvalue weighted by molar-refractivity contribution is 7.92. The van der Waals surface area contributed by atoms with Crippen LogP contribution in [0.3, 0.4) is 0 Å². The number of ether oxygens (including phenoxy) is 1. The predicted octanol–water partition coefficient (Wildman–Crippen LogP) is 4.17. The quantitative estimate of drug-likeness (QED) is 0.587. The Morgan fingerprint density at radius 1 is 0.933 bits per heavy atom. The number of hydrogen-bond acceptors (Lipinski definition) is 4. The van der Waals surface area contributed by atoms with Gasteiger partial charge in [0.1, 0.15) is 17.4 Å². The van der Waals surface area contributed by atoms with E-state index in [0.717, 1.165) is 6.07 Å². The summed E-state index contributed by atoms with van der Waals surface area (Å²) in [6.07, 6.45) is -0.874. The monoisotopic (exact) mass is 432 g/mol. The van der Waals surface area contributed by atoms with Crippen molar-refractivity contribution >= 4 is 27.3 Å². The molecule has 6 nitrogen and oxygen atoms in total. The highest BCUT2D eigenvalue weighted by atomic mass is 32.2. The van der Waals surface area contributed by atoms with Crippen LogP contribution in [0.5, 0.6) is 5.75 Å². The molecular formula is C21H18F2N2O4S. The molecule has 3 aromatic rings. The van der Waals surface area contributed by atoms with E-state index in [1.165, 1.54) is 73.7 Å². The van der Waals surface area contributed by atoms with E-state index in [0.29, 0.717) is 11.4 Å². The van der Waals surface area contributed by atoms with Crippen LogP contribution in [0.4, 0.5) is 20.2 Å². The number of sulfonamides is 1. The van der Waals surface area contributed by atoms with Gasteiger partial charge in [-0.25, -0.2) is 17.2 Å². The van der Waals surface area contributed by atoms with Gasteiger partial charge < -0.3 is 10.1 Å². The van der Waals surface area contributed by atoms with Crippen LogP contribution in [0.25, 0.3) is 0 Å². The number of carbonyl (C=O) groups excluding carboxylic acids is 1. The van der Waals surface area contributed by atoms with E-state index in [4.69, 9.17) is 4.74 Å². The Bertz CT molecular complexity index is 1130. The smallest absolute Gasteiger partial charge is 0.265 e. The molecule has 0 aliphatic carbocycles. The van der Waals surface area contributed by atoms with Crippen molar-refractivity contribution in [3.63, 3.8) is 0 Å². The van der Waals surface area contributed by atoms with Crippen LogP contribution in [-0.4, -0.2) is 20.4 Å². The van der Waals surface area contributed by atoms with Crippen molar-refractivity contribution in [3.8, 4) is 5.75 Å². The summed E-state index contributed by atoms with van der Waals surface area (Å²) >= 11 is 0. The minimum atomic E-state index is -4.00. The van der Waals surface area contributed by atoms with Gasteiger partial charge in [-0.05, 0) is 67.6 Å². The van der Waals surface area contributed by atoms with E-state index in [1.54, 1.807) is 0 Å². The minimum Gasteiger partial charge on any atom is -0.481 e. The van der Waals surface area contributed by atoms with Crippen molar-refractivity contribution in [1.82, 2.24) is 0 Å².